The molecule has 2 saturated heterocycles. The van der Waals surface area contributed by atoms with Crippen molar-refractivity contribution in [2.24, 2.45) is 0 Å². The van der Waals surface area contributed by atoms with E-state index in [0.717, 1.165) is 16.6 Å². The highest BCUT2D eigenvalue weighted by molar-refractivity contribution is 9.10. The number of fused-ring (bicyclic) bond motifs is 1. The van der Waals surface area contributed by atoms with Crippen molar-refractivity contribution < 1.29 is 9.59 Å². The summed E-state index contributed by atoms with van der Waals surface area (Å²) in [6.07, 6.45) is 1.38. The van der Waals surface area contributed by atoms with Gasteiger partial charge in [-0.3, -0.25) is 9.59 Å². The topological polar surface area (TPSA) is 49.4 Å². The summed E-state index contributed by atoms with van der Waals surface area (Å²) in [6.45, 7) is 2.05. The molecule has 0 aromatic heterocycles. The van der Waals surface area contributed by atoms with Crippen LogP contribution in [0.5, 0.6) is 0 Å². The normalized spacial score (nSPS) is 28.6. The fraction of sp³-hybridized carbons (Fsp3) is 0.429. The van der Waals surface area contributed by atoms with Crippen LogP contribution in [-0.2, 0) is 9.59 Å². The highest BCUT2D eigenvalue weighted by Gasteiger charge is 2.52. The SMILES string of the molecule is CC12CCC(=O)N1C(C(=O)Nc1ccc(Br)cc1)CS2. The number of rotatable bonds is 2. The number of benzene rings is 1. The largest absolute Gasteiger partial charge is 0.324 e. The van der Waals surface area contributed by atoms with E-state index in [0.29, 0.717) is 12.2 Å². The molecular weight excluding hydrogens is 340 g/mol. The van der Waals surface area contributed by atoms with Crippen molar-refractivity contribution >= 4 is 45.2 Å². The molecular formula is C14H15BrN2O2S. The molecule has 3 rings (SSSR count). The Morgan fingerprint density at radius 3 is 2.85 bits per heavy atom. The molecule has 1 aromatic carbocycles. The van der Waals surface area contributed by atoms with E-state index >= 15 is 0 Å². The average Bonchev–Trinajstić information content (AvgIpc) is 2.90. The van der Waals surface area contributed by atoms with Gasteiger partial charge in [0.1, 0.15) is 6.04 Å². The Labute approximate surface area is 130 Å². The molecule has 0 saturated carbocycles. The molecule has 1 aromatic rings. The lowest BCUT2D eigenvalue weighted by Gasteiger charge is -2.29. The Morgan fingerprint density at radius 1 is 1.45 bits per heavy atom. The molecule has 2 atom stereocenters. The summed E-state index contributed by atoms with van der Waals surface area (Å²) in [5.41, 5.74) is 0.753. The lowest BCUT2D eigenvalue weighted by atomic mass is 10.2. The Bertz CT molecular complexity index is 563. The van der Waals surface area contributed by atoms with Crippen LogP contribution in [0.4, 0.5) is 5.69 Å². The molecule has 2 aliphatic heterocycles. The van der Waals surface area contributed by atoms with Crippen LogP contribution in [0, 0.1) is 0 Å². The van der Waals surface area contributed by atoms with Crippen LogP contribution in [0.3, 0.4) is 0 Å². The number of hydrogen-bond acceptors (Lipinski definition) is 3. The number of amides is 2. The van der Waals surface area contributed by atoms with E-state index in [-0.39, 0.29) is 22.7 Å². The number of carbonyl (C=O) groups is 2. The van der Waals surface area contributed by atoms with E-state index < -0.39 is 0 Å². The van der Waals surface area contributed by atoms with Crippen LogP contribution in [0.15, 0.2) is 28.7 Å². The third-order valence-electron chi connectivity index (χ3n) is 3.86. The van der Waals surface area contributed by atoms with Gasteiger partial charge in [-0.15, -0.1) is 11.8 Å². The van der Waals surface area contributed by atoms with Crippen molar-refractivity contribution in [3.63, 3.8) is 0 Å². The van der Waals surface area contributed by atoms with Crippen molar-refractivity contribution in [2.45, 2.75) is 30.7 Å². The summed E-state index contributed by atoms with van der Waals surface area (Å²) in [5.74, 6) is 0.664. The van der Waals surface area contributed by atoms with E-state index in [1.807, 2.05) is 24.3 Å². The third-order valence-corrected chi connectivity index (χ3v) is 5.89. The molecule has 2 aliphatic rings. The number of thioether (sulfide) groups is 1. The fourth-order valence-electron chi connectivity index (χ4n) is 2.77. The number of nitrogens with zero attached hydrogens (tertiary/aromatic N) is 1. The summed E-state index contributed by atoms with van der Waals surface area (Å²) in [7, 11) is 0. The average molecular weight is 355 g/mol. The van der Waals surface area contributed by atoms with Crippen molar-refractivity contribution in [3.8, 4) is 0 Å². The van der Waals surface area contributed by atoms with Gasteiger partial charge in [0.25, 0.3) is 0 Å². The van der Waals surface area contributed by atoms with Gasteiger partial charge in [-0.2, -0.15) is 0 Å². The van der Waals surface area contributed by atoms with Gasteiger partial charge < -0.3 is 10.2 Å². The van der Waals surface area contributed by atoms with Crippen molar-refractivity contribution in [1.29, 1.82) is 0 Å². The summed E-state index contributed by atoms with van der Waals surface area (Å²) < 4.78 is 0.967. The lowest BCUT2D eigenvalue weighted by Crippen LogP contribution is -2.48. The van der Waals surface area contributed by atoms with Crippen LogP contribution in [0.2, 0.25) is 0 Å². The first-order chi connectivity index (χ1) is 9.49. The highest BCUT2D eigenvalue weighted by Crippen LogP contribution is 2.47. The minimum atomic E-state index is -0.358. The first-order valence-electron chi connectivity index (χ1n) is 6.52. The maximum absolute atomic E-state index is 12.4. The second-order valence-electron chi connectivity index (χ2n) is 5.26. The molecule has 106 valence electrons. The van der Waals surface area contributed by atoms with E-state index in [1.165, 1.54) is 0 Å². The van der Waals surface area contributed by atoms with E-state index in [1.54, 1.807) is 16.7 Å². The molecule has 1 N–H and O–H groups in total. The lowest BCUT2D eigenvalue weighted by molar-refractivity contribution is -0.135. The highest BCUT2D eigenvalue weighted by atomic mass is 79.9. The Hall–Kier alpha value is -1.01. The van der Waals surface area contributed by atoms with Crippen LogP contribution in [-0.4, -0.2) is 33.4 Å². The zero-order chi connectivity index (χ0) is 14.3. The van der Waals surface area contributed by atoms with E-state index in [2.05, 4.69) is 28.2 Å². The van der Waals surface area contributed by atoms with Crippen molar-refractivity contribution in [3.05, 3.63) is 28.7 Å². The second kappa shape index (κ2) is 5.07. The van der Waals surface area contributed by atoms with Crippen LogP contribution >= 0.6 is 27.7 Å². The number of nitrogens with one attached hydrogen (secondary N) is 1. The molecule has 0 spiro atoms. The van der Waals surface area contributed by atoms with Crippen molar-refractivity contribution in [2.75, 3.05) is 11.1 Å². The number of carbonyl (C=O) groups excluding carboxylic acids is 2. The maximum Gasteiger partial charge on any atom is 0.248 e. The molecule has 0 radical (unpaired) electrons. The number of halogens is 1. The van der Waals surface area contributed by atoms with Gasteiger partial charge in [0.05, 0.1) is 4.87 Å². The van der Waals surface area contributed by atoms with E-state index in [9.17, 15) is 9.59 Å². The summed E-state index contributed by atoms with van der Waals surface area (Å²) in [6, 6.07) is 7.09. The zero-order valence-corrected chi connectivity index (χ0v) is 13.5. The standard InChI is InChI=1S/C14H15BrN2O2S/c1-14-7-6-12(18)17(14)11(8-20-14)13(19)16-10-4-2-9(15)3-5-10/h2-5,11H,6-8H2,1H3,(H,16,19). The van der Waals surface area contributed by atoms with Gasteiger partial charge in [0.15, 0.2) is 0 Å². The number of anilines is 1. The van der Waals surface area contributed by atoms with Gasteiger partial charge in [-0.05, 0) is 37.6 Å². The smallest absolute Gasteiger partial charge is 0.248 e. The zero-order valence-electron chi connectivity index (χ0n) is 11.1. The van der Waals surface area contributed by atoms with Crippen molar-refractivity contribution in [1.82, 2.24) is 4.90 Å². The van der Waals surface area contributed by atoms with Gasteiger partial charge in [-0.1, -0.05) is 15.9 Å². The predicted octanol–water partition coefficient (Wildman–Crippen LogP) is 2.84. The summed E-state index contributed by atoms with van der Waals surface area (Å²) in [5, 5.41) is 2.89. The Balaban J connectivity index is 1.75. The Kier molecular flexibility index (Phi) is 3.54. The predicted molar refractivity (Wildman–Crippen MR) is 83.5 cm³/mol. The van der Waals surface area contributed by atoms with Crippen LogP contribution < -0.4 is 5.32 Å². The summed E-state index contributed by atoms with van der Waals surface area (Å²) >= 11 is 5.07. The molecule has 4 nitrogen and oxygen atoms in total. The van der Waals surface area contributed by atoms with Crippen LogP contribution in [0.1, 0.15) is 19.8 Å². The minimum Gasteiger partial charge on any atom is -0.324 e. The molecule has 2 fully saturated rings. The monoisotopic (exact) mass is 354 g/mol. The molecule has 0 bridgehead atoms. The van der Waals surface area contributed by atoms with Gasteiger partial charge in [0, 0.05) is 22.3 Å². The molecule has 0 aliphatic carbocycles. The molecule has 2 heterocycles. The molecule has 6 heteroatoms. The van der Waals surface area contributed by atoms with Crippen LogP contribution in [0.25, 0.3) is 0 Å². The van der Waals surface area contributed by atoms with Gasteiger partial charge in [0.2, 0.25) is 11.8 Å². The van der Waals surface area contributed by atoms with E-state index in [4.69, 9.17) is 0 Å². The first-order valence-corrected chi connectivity index (χ1v) is 8.30. The molecule has 20 heavy (non-hydrogen) atoms. The van der Waals surface area contributed by atoms with Gasteiger partial charge >= 0.3 is 0 Å². The van der Waals surface area contributed by atoms with Gasteiger partial charge in [-0.25, -0.2) is 0 Å². The minimum absolute atomic E-state index is 0.0912. The first kappa shape index (κ1) is 13.9. The molecule has 2 amide bonds. The third kappa shape index (κ3) is 2.35. The summed E-state index contributed by atoms with van der Waals surface area (Å²) in [4.78, 5) is 26.0. The second-order valence-corrected chi connectivity index (χ2v) is 7.68. The fourth-order valence-corrected chi connectivity index (χ4v) is 4.47. The number of hydrogen-bond donors (Lipinski definition) is 1. The maximum atomic E-state index is 12.4. The molecule has 2 unspecified atom stereocenters. The Morgan fingerprint density at radius 2 is 2.15 bits per heavy atom. The quantitative estimate of drug-likeness (QED) is 0.888.